The van der Waals surface area contributed by atoms with E-state index in [2.05, 4.69) is 4.90 Å². The number of hydrogen-bond acceptors (Lipinski definition) is 3. The van der Waals surface area contributed by atoms with Crippen molar-refractivity contribution in [2.75, 3.05) is 36.5 Å². The number of morpholine rings is 1. The Labute approximate surface area is 98.9 Å². The van der Waals surface area contributed by atoms with E-state index >= 15 is 0 Å². The van der Waals surface area contributed by atoms with Crippen LogP contribution in [0.15, 0.2) is 24.3 Å². The maximum Gasteiger partial charge on any atom is 0.105 e. The Bertz CT molecular complexity index is 315. The van der Waals surface area contributed by atoms with Gasteiger partial charge in [-0.15, -0.1) is 12.4 Å². The van der Waals surface area contributed by atoms with Crippen molar-refractivity contribution in [2.24, 2.45) is 0 Å². The van der Waals surface area contributed by atoms with Crippen molar-refractivity contribution in [3.63, 3.8) is 0 Å². The average molecular weight is 251 g/mol. The first-order valence-electron chi connectivity index (χ1n) is 4.82. The fraction of sp³-hybridized carbons (Fsp3) is 0.400. The van der Waals surface area contributed by atoms with Gasteiger partial charge in [-0.1, -0.05) is 8.96 Å². The lowest BCUT2D eigenvalue weighted by atomic mass is 10.2. The maximum atomic E-state index is 12.1. The van der Waals surface area contributed by atoms with E-state index in [4.69, 9.17) is 4.74 Å². The first-order chi connectivity index (χ1) is 7.27. The van der Waals surface area contributed by atoms with E-state index in [0.717, 1.165) is 18.8 Å². The number of benzene rings is 1. The van der Waals surface area contributed by atoms with Gasteiger partial charge in [0.2, 0.25) is 0 Å². The third kappa shape index (κ3) is 2.96. The predicted octanol–water partition coefficient (Wildman–Crippen LogP) is 2.52. The highest BCUT2D eigenvalue weighted by molar-refractivity contribution is 5.85. The van der Waals surface area contributed by atoms with Crippen molar-refractivity contribution in [3.8, 4) is 0 Å². The molecular weight excluding hydrogens is 238 g/mol. The van der Waals surface area contributed by atoms with Crippen molar-refractivity contribution >= 4 is 23.8 Å². The Hall–Kier alpha value is -1.07. The molecule has 2 rings (SSSR count). The van der Waals surface area contributed by atoms with E-state index in [1.165, 1.54) is 12.1 Å². The number of hydrogen-bond donors (Lipinski definition) is 0. The molecule has 90 valence electrons. The Morgan fingerprint density at radius 2 is 1.62 bits per heavy atom. The summed E-state index contributed by atoms with van der Waals surface area (Å²) in [6, 6.07) is 6.22. The first-order valence-corrected chi connectivity index (χ1v) is 4.82. The minimum atomic E-state index is -0.886. The molecule has 1 aliphatic heterocycles. The van der Waals surface area contributed by atoms with Crippen LogP contribution in [0.1, 0.15) is 0 Å². The topological polar surface area (TPSA) is 15.7 Å². The quantitative estimate of drug-likeness (QED) is 0.750. The van der Waals surface area contributed by atoms with Crippen LogP contribution in [-0.2, 0) is 4.74 Å². The molecule has 0 atom stereocenters. The average Bonchev–Trinajstić information content (AvgIpc) is 2.30. The molecule has 0 aromatic heterocycles. The summed E-state index contributed by atoms with van der Waals surface area (Å²) < 4.78 is 29.5. The van der Waals surface area contributed by atoms with Crippen LogP contribution < -0.4 is 10.2 Å². The summed E-state index contributed by atoms with van der Waals surface area (Å²) in [6.45, 7) is 3.02. The van der Waals surface area contributed by atoms with Crippen LogP contribution in [0.3, 0.4) is 0 Å². The number of anilines is 2. The molecular formula is C10H13ClF2N2O. The van der Waals surface area contributed by atoms with Gasteiger partial charge in [-0.05, 0) is 29.6 Å². The molecule has 1 heterocycles. The van der Waals surface area contributed by atoms with Crippen LogP contribution in [0, 0.1) is 0 Å². The molecule has 1 saturated heterocycles. The molecule has 6 heteroatoms. The van der Waals surface area contributed by atoms with Crippen LogP contribution in [0.25, 0.3) is 0 Å². The lowest BCUT2D eigenvalue weighted by Gasteiger charge is -2.28. The van der Waals surface area contributed by atoms with Gasteiger partial charge in [0, 0.05) is 18.8 Å². The largest absolute Gasteiger partial charge is 0.378 e. The minimum Gasteiger partial charge on any atom is -0.378 e. The molecule has 16 heavy (non-hydrogen) atoms. The summed E-state index contributed by atoms with van der Waals surface area (Å²) in [4.78, 5) is 2.12. The predicted molar refractivity (Wildman–Crippen MR) is 61.4 cm³/mol. The molecule has 0 radical (unpaired) electrons. The summed E-state index contributed by atoms with van der Waals surface area (Å²) >= 11 is 0. The Morgan fingerprint density at radius 3 is 2.12 bits per heavy atom. The highest BCUT2D eigenvalue weighted by atomic mass is 35.5. The molecule has 1 aromatic rings. The van der Waals surface area contributed by atoms with Gasteiger partial charge >= 0.3 is 0 Å². The van der Waals surface area contributed by atoms with Crippen molar-refractivity contribution in [1.29, 1.82) is 0 Å². The van der Waals surface area contributed by atoms with Crippen molar-refractivity contribution < 1.29 is 13.7 Å². The molecule has 1 fully saturated rings. The van der Waals surface area contributed by atoms with Gasteiger partial charge in [-0.25, -0.2) is 0 Å². The van der Waals surface area contributed by atoms with Crippen LogP contribution in [0.5, 0.6) is 0 Å². The SMILES string of the molecule is Cl.FN(F)c1ccc(N2CCOCC2)cc1. The fourth-order valence-corrected chi connectivity index (χ4v) is 1.60. The number of rotatable bonds is 2. The van der Waals surface area contributed by atoms with Gasteiger partial charge in [0.25, 0.3) is 0 Å². The molecule has 0 saturated carbocycles. The normalized spacial score (nSPS) is 15.5. The van der Waals surface area contributed by atoms with Gasteiger partial charge in [-0.2, -0.15) is 0 Å². The summed E-state index contributed by atoms with van der Waals surface area (Å²) in [7, 11) is 0. The standard InChI is InChI=1S/C10H12F2N2O.ClH/c11-14(12)10-3-1-9(2-4-10)13-5-7-15-8-6-13;/h1-4H,5-8H2;1H. The lowest BCUT2D eigenvalue weighted by Crippen LogP contribution is -2.36. The van der Waals surface area contributed by atoms with E-state index in [9.17, 15) is 8.96 Å². The molecule has 0 bridgehead atoms. The van der Waals surface area contributed by atoms with Gasteiger partial charge in [0.1, 0.15) is 5.69 Å². The van der Waals surface area contributed by atoms with E-state index in [0.29, 0.717) is 13.2 Å². The van der Waals surface area contributed by atoms with Crippen LogP contribution in [0.4, 0.5) is 20.3 Å². The molecule has 0 amide bonds. The third-order valence-corrected chi connectivity index (χ3v) is 2.42. The summed E-state index contributed by atoms with van der Waals surface area (Å²) in [5.41, 5.74) is 0.871. The highest BCUT2D eigenvalue weighted by Crippen LogP contribution is 2.21. The van der Waals surface area contributed by atoms with Crippen molar-refractivity contribution in [1.82, 2.24) is 0 Å². The monoisotopic (exact) mass is 250 g/mol. The summed E-state index contributed by atoms with van der Waals surface area (Å²) in [5, 5.41) is -0.886. The zero-order valence-electron chi connectivity index (χ0n) is 8.60. The molecule has 0 unspecified atom stereocenters. The Morgan fingerprint density at radius 1 is 1.06 bits per heavy atom. The van der Waals surface area contributed by atoms with E-state index < -0.39 is 5.34 Å². The van der Waals surface area contributed by atoms with Crippen LogP contribution in [-0.4, -0.2) is 26.3 Å². The zero-order chi connectivity index (χ0) is 10.7. The summed E-state index contributed by atoms with van der Waals surface area (Å²) in [6.07, 6.45) is 0. The molecule has 1 aliphatic rings. The first kappa shape index (κ1) is 13.0. The van der Waals surface area contributed by atoms with Crippen molar-refractivity contribution in [2.45, 2.75) is 0 Å². The van der Waals surface area contributed by atoms with Gasteiger partial charge in [0.15, 0.2) is 0 Å². The molecule has 0 N–H and O–H groups in total. The zero-order valence-corrected chi connectivity index (χ0v) is 9.42. The molecule has 0 aliphatic carbocycles. The fourth-order valence-electron chi connectivity index (χ4n) is 1.60. The third-order valence-electron chi connectivity index (χ3n) is 2.42. The molecule has 1 aromatic carbocycles. The number of halogens is 3. The Balaban J connectivity index is 0.00000128. The number of ether oxygens (including phenoxy) is 1. The lowest BCUT2D eigenvalue weighted by molar-refractivity contribution is 0.122. The molecule has 0 spiro atoms. The second-order valence-corrected chi connectivity index (χ2v) is 3.35. The van der Waals surface area contributed by atoms with E-state index in [1.807, 2.05) is 0 Å². The van der Waals surface area contributed by atoms with Gasteiger partial charge < -0.3 is 9.64 Å². The minimum absolute atomic E-state index is 0. The Kier molecular flexibility index (Phi) is 4.76. The smallest absolute Gasteiger partial charge is 0.105 e. The van der Waals surface area contributed by atoms with Gasteiger partial charge in [-0.3, -0.25) is 0 Å². The van der Waals surface area contributed by atoms with Gasteiger partial charge in [0.05, 0.1) is 13.2 Å². The molecule has 3 nitrogen and oxygen atoms in total. The maximum absolute atomic E-state index is 12.1. The van der Waals surface area contributed by atoms with Crippen molar-refractivity contribution in [3.05, 3.63) is 24.3 Å². The van der Waals surface area contributed by atoms with E-state index in [1.54, 1.807) is 12.1 Å². The second-order valence-electron chi connectivity index (χ2n) is 3.35. The summed E-state index contributed by atoms with van der Waals surface area (Å²) in [5.74, 6) is 0. The highest BCUT2D eigenvalue weighted by Gasteiger charge is 2.11. The number of nitrogens with zero attached hydrogens (tertiary/aromatic N) is 2. The van der Waals surface area contributed by atoms with Crippen LogP contribution >= 0.6 is 12.4 Å². The van der Waals surface area contributed by atoms with E-state index in [-0.39, 0.29) is 18.1 Å². The van der Waals surface area contributed by atoms with Crippen LogP contribution in [0.2, 0.25) is 0 Å². The second kappa shape index (κ2) is 5.86.